The molecule has 0 aromatic heterocycles. The minimum absolute atomic E-state index is 0.0702. The number of nitrogens with zero attached hydrogens (tertiary/aromatic N) is 2. The van der Waals surface area contributed by atoms with Gasteiger partial charge in [-0.05, 0) is 58.8 Å². The number of halogens is 2. The molecule has 0 aliphatic heterocycles. The van der Waals surface area contributed by atoms with Gasteiger partial charge in [0.2, 0.25) is 0 Å². The molecule has 2 rings (SSSR count). The number of ether oxygens (including phenoxy) is 1. The second-order valence-corrected chi connectivity index (χ2v) is 6.51. The zero-order valence-corrected chi connectivity index (χ0v) is 16.1. The van der Waals surface area contributed by atoms with E-state index in [0.717, 1.165) is 5.56 Å². The summed E-state index contributed by atoms with van der Waals surface area (Å²) in [5.41, 5.74) is 2.14. The molecule has 2 aromatic rings. The average molecular weight is 431 g/mol. The third-order valence-electron chi connectivity index (χ3n) is 3.29. The fourth-order valence-electron chi connectivity index (χ4n) is 2.06. The van der Waals surface area contributed by atoms with Crippen LogP contribution in [-0.2, 0) is 4.79 Å². The molecule has 0 fully saturated rings. The minimum Gasteiger partial charge on any atom is -0.476 e. The Morgan fingerprint density at radius 2 is 2.00 bits per heavy atom. The van der Waals surface area contributed by atoms with E-state index in [1.54, 1.807) is 24.3 Å². The fourth-order valence-corrected chi connectivity index (χ4v) is 3.04. The predicted octanol–water partition coefficient (Wildman–Crippen LogP) is 4.86. The smallest absolute Gasteiger partial charge is 0.266 e. The maximum atomic E-state index is 12.3. The normalized spacial score (nSPS) is 10.6. The molecule has 26 heavy (non-hydrogen) atoms. The first-order valence-corrected chi connectivity index (χ1v) is 8.60. The monoisotopic (exact) mass is 429 g/mol. The van der Waals surface area contributed by atoms with Gasteiger partial charge in [0.25, 0.3) is 5.91 Å². The van der Waals surface area contributed by atoms with Gasteiger partial charge in [0, 0.05) is 5.69 Å². The van der Waals surface area contributed by atoms with Crippen molar-refractivity contribution >= 4 is 45.2 Å². The maximum absolute atomic E-state index is 12.3. The van der Waals surface area contributed by atoms with E-state index in [-0.39, 0.29) is 17.2 Å². The highest BCUT2D eigenvalue weighted by atomic mass is 79.9. The molecule has 0 saturated heterocycles. The van der Waals surface area contributed by atoms with Gasteiger partial charge in [-0.3, -0.25) is 4.79 Å². The Hall–Kier alpha value is -2.80. The van der Waals surface area contributed by atoms with Crippen molar-refractivity contribution < 1.29 is 9.53 Å². The number of aryl methyl sites for hydroxylation is 1. The van der Waals surface area contributed by atoms with Crippen LogP contribution in [0.15, 0.2) is 46.4 Å². The topological polar surface area (TPSA) is 85.9 Å². The first kappa shape index (κ1) is 19.5. The number of nitriles is 2. The maximum Gasteiger partial charge on any atom is 0.266 e. The summed E-state index contributed by atoms with van der Waals surface area (Å²) in [6.07, 6.45) is 1.42. The molecule has 130 valence electrons. The van der Waals surface area contributed by atoms with Gasteiger partial charge < -0.3 is 10.1 Å². The molecule has 0 unspecified atom stereocenters. The number of rotatable bonds is 5. The van der Waals surface area contributed by atoms with Crippen molar-refractivity contribution in [3.05, 3.63) is 62.6 Å². The molecule has 0 aliphatic rings. The number of hydrogen-bond donors (Lipinski definition) is 1. The summed E-state index contributed by atoms with van der Waals surface area (Å²) in [7, 11) is 0. The highest BCUT2D eigenvalue weighted by Gasteiger charge is 2.12. The lowest BCUT2D eigenvalue weighted by Gasteiger charge is -2.09. The Morgan fingerprint density at radius 1 is 1.31 bits per heavy atom. The van der Waals surface area contributed by atoms with Gasteiger partial charge in [-0.25, -0.2) is 0 Å². The lowest BCUT2D eigenvalue weighted by molar-refractivity contribution is -0.112. The molecule has 0 bridgehead atoms. The Balaban J connectivity index is 2.25. The summed E-state index contributed by atoms with van der Waals surface area (Å²) >= 11 is 9.45. The molecule has 2 aromatic carbocycles. The Morgan fingerprint density at radius 3 is 2.58 bits per heavy atom. The molecule has 0 atom stereocenters. The number of hydrogen-bond acceptors (Lipinski definition) is 4. The summed E-state index contributed by atoms with van der Waals surface area (Å²) in [6, 6.07) is 14.2. The number of carbonyl (C=O) groups is 1. The molecule has 1 N–H and O–H groups in total. The van der Waals surface area contributed by atoms with Crippen LogP contribution < -0.4 is 10.1 Å². The zero-order valence-electron chi connectivity index (χ0n) is 13.7. The largest absolute Gasteiger partial charge is 0.476 e. The summed E-state index contributed by atoms with van der Waals surface area (Å²) < 4.78 is 5.75. The second-order valence-electron chi connectivity index (χ2n) is 5.25. The number of amides is 1. The average Bonchev–Trinajstić information content (AvgIpc) is 2.61. The van der Waals surface area contributed by atoms with E-state index in [1.807, 2.05) is 31.2 Å². The van der Waals surface area contributed by atoms with Gasteiger partial charge >= 0.3 is 0 Å². The van der Waals surface area contributed by atoms with Crippen molar-refractivity contribution in [2.75, 3.05) is 11.9 Å². The first-order chi connectivity index (χ1) is 12.4. The van der Waals surface area contributed by atoms with Crippen LogP contribution in [0.3, 0.4) is 0 Å². The van der Waals surface area contributed by atoms with Crippen molar-refractivity contribution in [1.29, 1.82) is 10.5 Å². The van der Waals surface area contributed by atoms with Gasteiger partial charge in [0.15, 0.2) is 12.4 Å². The van der Waals surface area contributed by atoms with Crippen LogP contribution in [0.2, 0.25) is 5.02 Å². The molecular weight excluding hydrogens is 418 g/mol. The predicted molar refractivity (Wildman–Crippen MR) is 104 cm³/mol. The molecule has 0 radical (unpaired) electrons. The molecule has 0 saturated carbocycles. The van der Waals surface area contributed by atoms with E-state index in [0.29, 0.717) is 21.5 Å². The minimum atomic E-state index is -0.520. The molecule has 0 heterocycles. The number of benzene rings is 2. The second kappa shape index (κ2) is 9.05. The van der Waals surface area contributed by atoms with Crippen molar-refractivity contribution in [2.45, 2.75) is 6.92 Å². The van der Waals surface area contributed by atoms with E-state index < -0.39 is 5.91 Å². The van der Waals surface area contributed by atoms with E-state index in [9.17, 15) is 10.1 Å². The molecule has 5 nitrogen and oxygen atoms in total. The van der Waals surface area contributed by atoms with Gasteiger partial charge in [0.05, 0.1) is 9.50 Å². The lowest BCUT2D eigenvalue weighted by atomic mass is 10.1. The molecule has 0 spiro atoms. The fraction of sp³-hybridized carbons (Fsp3) is 0.105. The van der Waals surface area contributed by atoms with Crippen LogP contribution in [0.1, 0.15) is 11.1 Å². The number of anilines is 1. The molecular formula is C19H13BrClN3O2. The summed E-state index contributed by atoms with van der Waals surface area (Å²) in [6.45, 7) is 1.80. The third kappa shape index (κ3) is 5.10. The van der Waals surface area contributed by atoms with E-state index >= 15 is 0 Å². The van der Waals surface area contributed by atoms with Crippen molar-refractivity contribution in [1.82, 2.24) is 0 Å². The Bertz CT molecular complexity index is 918. The highest BCUT2D eigenvalue weighted by molar-refractivity contribution is 9.10. The summed E-state index contributed by atoms with van der Waals surface area (Å²) in [4.78, 5) is 12.3. The van der Waals surface area contributed by atoms with Crippen LogP contribution in [0.4, 0.5) is 5.69 Å². The van der Waals surface area contributed by atoms with Crippen LogP contribution in [0.25, 0.3) is 6.08 Å². The number of carbonyl (C=O) groups excluding carboxylic acids is 1. The molecule has 0 aliphatic carbocycles. The van der Waals surface area contributed by atoms with E-state index in [4.69, 9.17) is 21.6 Å². The van der Waals surface area contributed by atoms with Gasteiger partial charge in [-0.2, -0.15) is 10.5 Å². The Labute approximate surface area is 164 Å². The van der Waals surface area contributed by atoms with Crippen LogP contribution >= 0.6 is 27.5 Å². The summed E-state index contributed by atoms with van der Waals surface area (Å²) in [5.74, 6) is -0.193. The van der Waals surface area contributed by atoms with Crippen LogP contribution in [0.5, 0.6) is 5.75 Å². The van der Waals surface area contributed by atoms with Crippen LogP contribution in [-0.4, -0.2) is 12.5 Å². The van der Waals surface area contributed by atoms with Gasteiger partial charge in [0.1, 0.15) is 17.7 Å². The lowest BCUT2D eigenvalue weighted by Crippen LogP contribution is -2.13. The highest BCUT2D eigenvalue weighted by Crippen LogP contribution is 2.35. The molecule has 7 heteroatoms. The van der Waals surface area contributed by atoms with Gasteiger partial charge in [-0.15, -0.1) is 0 Å². The van der Waals surface area contributed by atoms with Crippen LogP contribution in [0, 0.1) is 29.6 Å². The first-order valence-electron chi connectivity index (χ1n) is 7.43. The van der Waals surface area contributed by atoms with Crippen molar-refractivity contribution in [3.8, 4) is 17.9 Å². The number of nitrogens with one attached hydrogen (secondary N) is 1. The SMILES string of the molecule is Cc1ccc(NC(=O)/C(C#N)=C\c2cc(Cl)c(OCC#N)c(Br)c2)cc1. The summed E-state index contributed by atoms with van der Waals surface area (Å²) in [5, 5.41) is 20.8. The zero-order chi connectivity index (χ0) is 19.1. The quantitative estimate of drug-likeness (QED) is 0.542. The molecule has 1 amide bonds. The van der Waals surface area contributed by atoms with E-state index in [1.165, 1.54) is 6.08 Å². The van der Waals surface area contributed by atoms with Crippen molar-refractivity contribution in [2.24, 2.45) is 0 Å². The standard InChI is InChI=1S/C19H13BrClN3O2/c1-12-2-4-15(5-3-12)24-19(25)14(11-23)8-13-9-16(20)18(17(21)10-13)26-7-6-22/h2-5,8-10H,7H2,1H3,(H,24,25)/b14-8-. The van der Waals surface area contributed by atoms with Crippen molar-refractivity contribution in [3.63, 3.8) is 0 Å². The Kier molecular flexibility index (Phi) is 6.80. The van der Waals surface area contributed by atoms with Gasteiger partial charge in [-0.1, -0.05) is 29.3 Å². The third-order valence-corrected chi connectivity index (χ3v) is 4.16. The van der Waals surface area contributed by atoms with E-state index in [2.05, 4.69) is 21.2 Å².